The molecule has 1 saturated heterocycles. The molecule has 7 nitrogen and oxygen atoms in total. The first-order valence-corrected chi connectivity index (χ1v) is 11.0. The molecule has 0 spiro atoms. The molecule has 3 amide bonds. The number of hydrogen-bond donors (Lipinski definition) is 2. The lowest BCUT2D eigenvalue weighted by atomic mass is 9.97. The molecule has 1 fully saturated rings. The van der Waals surface area contributed by atoms with Crippen molar-refractivity contribution in [3.63, 3.8) is 0 Å². The summed E-state index contributed by atoms with van der Waals surface area (Å²) in [5.41, 5.74) is 3.53. The minimum atomic E-state index is -0.392. The smallest absolute Gasteiger partial charge is 0.321 e. The Hall–Kier alpha value is -3.35. The number of rotatable bonds is 6. The minimum absolute atomic E-state index is 0.179. The van der Waals surface area contributed by atoms with Crippen LogP contribution < -0.4 is 10.6 Å². The van der Waals surface area contributed by atoms with E-state index in [1.54, 1.807) is 4.90 Å². The van der Waals surface area contributed by atoms with Gasteiger partial charge in [0.25, 0.3) is 5.91 Å². The van der Waals surface area contributed by atoms with E-state index in [1.807, 2.05) is 55.5 Å². The first kappa shape index (κ1) is 23.3. The monoisotopic (exact) mass is 437 g/mol. The highest BCUT2D eigenvalue weighted by Crippen LogP contribution is 2.27. The van der Waals surface area contributed by atoms with Gasteiger partial charge in [-0.3, -0.25) is 9.59 Å². The summed E-state index contributed by atoms with van der Waals surface area (Å²) in [5, 5.41) is 5.74. The summed E-state index contributed by atoms with van der Waals surface area (Å²) >= 11 is 0. The molecule has 0 radical (unpaired) electrons. The van der Waals surface area contributed by atoms with E-state index in [2.05, 4.69) is 24.5 Å². The summed E-state index contributed by atoms with van der Waals surface area (Å²) in [4.78, 5) is 38.9. The van der Waals surface area contributed by atoms with Crippen molar-refractivity contribution in [1.29, 1.82) is 0 Å². The first-order valence-electron chi connectivity index (χ1n) is 11.0. The Kier molecular flexibility index (Phi) is 7.87. The van der Waals surface area contributed by atoms with E-state index in [9.17, 15) is 14.4 Å². The lowest BCUT2D eigenvalue weighted by molar-refractivity contribution is -0.152. The van der Waals surface area contributed by atoms with Crippen molar-refractivity contribution in [3.05, 3.63) is 59.7 Å². The van der Waals surface area contributed by atoms with Crippen LogP contribution in [0.5, 0.6) is 0 Å². The van der Waals surface area contributed by atoms with E-state index in [1.165, 1.54) is 0 Å². The van der Waals surface area contributed by atoms with Crippen LogP contribution in [0.2, 0.25) is 0 Å². The molecular formula is C25H31N3O4. The Balaban J connectivity index is 1.44. The zero-order chi connectivity index (χ0) is 23.1. The minimum Gasteiger partial charge on any atom is -0.455 e. The van der Waals surface area contributed by atoms with E-state index in [-0.39, 0.29) is 30.4 Å². The number of hydrogen-bond acceptors (Lipinski definition) is 4. The molecule has 1 aliphatic heterocycles. The van der Waals surface area contributed by atoms with Gasteiger partial charge in [0, 0.05) is 24.5 Å². The van der Waals surface area contributed by atoms with Gasteiger partial charge in [0.05, 0.1) is 5.92 Å². The molecule has 2 aromatic carbocycles. The predicted octanol–water partition coefficient (Wildman–Crippen LogP) is 4.54. The highest BCUT2D eigenvalue weighted by molar-refractivity contribution is 5.94. The molecule has 1 heterocycles. The van der Waals surface area contributed by atoms with Gasteiger partial charge >= 0.3 is 12.0 Å². The van der Waals surface area contributed by atoms with E-state index < -0.39 is 5.97 Å². The largest absolute Gasteiger partial charge is 0.455 e. The second-order valence-electron chi connectivity index (χ2n) is 8.41. The molecule has 0 unspecified atom stereocenters. The fourth-order valence-electron chi connectivity index (χ4n) is 3.81. The number of carbonyl (C=O) groups excluding carboxylic acids is 3. The average Bonchev–Trinajstić information content (AvgIpc) is 2.79. The third kappa shape index (κ3) is 6.09. The number of esters is 1. The fraction of sp³-hybridized carbons (Fsp3) is 0.400. The summed E-state index contributed by atoms with van der Waals surface area (Å²) in [5.74, 6) is -0.795. The van der Waals surface area contributed by atoms with E-state index in [0.29, 0.717) is 25.9 Å². The van der Waals surface area contributed by atoms with Crippen molar-refractivity contribution in [2.24, 2.45) is 5.92 Å². The topological polar surface area (TPSA) is 87.7 Å². The predicted molar refractivity (Wildman–Crippen MR) is 125 cm³/mol. The molecule has 0 bridgehead atoms. The van der Waals surface area contributed by atoms with Gasteiger partial charge in [0.2, 0.25) is 0 Å². The van der Waals surface area contributed by atoms with Gasteiger partial charge in [-0.1, -0.05) is 50.2 Å². The zero-order valence-electron chi connectivity index (χ0n) is 18.9. The summed E-state index contributed by atoms with van der Waals surface area (Å²) in [7, 11) is 0. The van der Waals surface area contributed by atoms with Crippen LogP contribution in [-0.4, -0.2) is 42.5 Å². The molecule has 32 heavy (non-hydrogen) atoms. The second kappa shape index (κ2) is 10.8. The maximum atomic E-state index is 12.4. The van der Waals surface area contributed by atoms with Gasteiger partial charge in [-0.05, 0) is 48.9 Å². The number of ether oxygens (including phenoxy) is 1. The lowest BCUT2D eigenvalue weighted by Crippen LogP contribution is -2.43. The number of nitrogens with one attached hydrogen (secondary N) is 2. The van der Waals surface area contributed by atoms with Crippen LogP contribution in [0.3, 0.4) is 0 Å². The Morgan fingerprint density at radius 2 is 1.69 bits per heavy atom. The van der Waals surface area contributed by atoms with E-state index >= 15 is 0 Å². The zero-order valence-corrected chi connectivity index (χ0v) is 18.9. The van der Waals surface area contributed by atoms with Crippen molar-refractivity contribution >= 4 is 29.3 Å². The Labute approximate surface area is 189 Å². The van der Waals surface area contributed by atoms with Crippen molar-refractivity contribution < 1.29 is 19.1 Å². The number of likely N-dealkylation sites (tertiary alicyclic amines) is 1. The molecule has 170 valence electrons. The number of amides is 3. The summed E-state index contributed by atoms with van der Waals surface area (Å²) in [6, 6.07) is 15.0. The van der Waals surface area contributed by atoms with Crippen LogP contribution in [0, 0.1) is 12.8 Å². The van der Waals surface area contributed by atoms with Crippen molar-refractivity contribution in [1.82, 2.24) is 4.90 Å². The standard InChI is InChI=1S/C25H31N3O4/c1-17(2)21-11-7-8-18(3)23(21)27-22(29)16-32-24(30)19-12-14-28(15-13-19)25(31)26-20-9-5-4-6-10-20/h4-11,17,19H,12-16H2,1-3H3,(H,26,31)(H,27,29). The average molecular weight is 438 g/mol. The number of urea groups is 1. The molecule has 1 aliphatic rings. The maximum absolute atomic E-state index is 12.4. The first-order chi connectivity index (χ1) is 15.3. The maximum Gasteiger partial charge on any atom is 0.321 e. The van der Waals surface area contributed by atoms with Gasteiger partial charge in [-0.2, -0.15) is 0 Å². The van der Waals surface area contributed by atoms with Crippen LogP contribution in [0.25, 0.3) is 0 Å². The SMILES string of the molecule is Cc1cccc(C(C)C)c1NC(=O)COC(=O)C1CCN(C(=O)Nc2ccccc2)CC1. The van der Waals surface area contributed by atoms with E-state index in [4.69, 9.17) is 4.74 Å². The van der Waals surface area contributed by atoms with Crippen LogP contribution in [0.4, 0.5) is 16.2 Å². The molecule has 2 aromatic rings. The molecule has 0 saturated carbocycles. The van der Waals surface area contributed by atoms with E-state index in [0.717, 1.165) is 22.5 Å². The number of piperidine rings is 1. The number of carbonyl (C=O) groups is 3. The third-order valence-corrected chi connectivity index (χ3v) is 5.68. The number of nitrogens with zero attached hydrogens (tertiary/aromatic N) is 1. The van der Waals surface area contributed by atoms with Gasteiger partial charge < -0.3 is 20.3 Å². The summed E-state index contributed by atoms with van der Waals surface area (Å²) in [6.07, 6.45) is 1.02. The Morgan fingerprint density at radius 1 is 1.00 bits per heavy atom. The summed E-state index contributed by atoms with van der Waals surface area (Å²) in [6.45, 7) is 6.68. The Bertz CT molecular complexity index is 951. The number of para-hydroxylation sites is 2. The van der Waals surface area contributed by atoms with Gasteiger partial charge in [0.1, 0.15) is 0 Å². The molecule has 0 aromatic heterocycles. The molecule has 2 N–H and O–H groups in total. The van der Waals surface area contributed by atoms with Crippen molar-refractivity contribution in [3.8, 4) is 0 Å². The molecule has 7 heteroatoms. The normalized spacial score (nSPS) is 14.2. The molecule has 0 atom stereocenters. The van der Waals surface area contributed by atoms with Gasteiger partial charge in [-0.25, -0.2) is 4.79 Å². The quantitative estimate of drug-likeness (QED) is 0.649. The van der Waals surface area contributed by atoms with Crippen LogP contribution in [0.1, 0.15) is 43.7 Å². The van der Waals surface area contributed by atoms with Crippen LogP contribution in [0.15, 0.2) is 48.5 Å². The summed E-state index contributed by atoms with van der Waals surface area (Å²) < 4.78 is 5.28. The molecule has 3 rings (SSSR count). The second-order valence-corrected chi connectivity index (χ2v) is 8.41. The van der Waals surface area contributed by atoms with Gasteiger partial charge in [-0.15, -0.1) is 0 Å². The van der Waals surface area contributed by atoms with Crippen molar-refractivity contribution in [2.45, 2.75) is 39.5 Å². The van der Waals surface area contributed by atoms with Crippen LogP contribution in [-0.2, 0) is 14.3 Å². The van der Waals surface area contributed by atoms with Crippen molar-refractivity contribution in [2.75, 3.05) is 30.3 Å². The fourth-order valence-corrected chi connectivity index (χ4v) is 3.81. The van der Waals surface area contributed by atoms with Crippen LogP contribution >= 0.6 is 0 Å². The third-order valence-electron chi connectivity index (χ3n) is 5.68. The number of anilines is 2. The highest BCUT2D eigenvalue weighted by atomic mass is 16.5. The van der Waals surface area contributed by atoms with Gasteiger partial charge in [0.15, 0.2) is 6.61 Å². The molecular weight excluding hydrogens is 406 g/mol. The number of aryl methyl sites for hydroxylation is 1. The number of benzene rings is 2. The molecule has 0 aliphatic carbocycles. The lowest BCUT2D eigenvalue weighted by Gasteiger charge is -2.30. The highest BCUT2D eigenvalue weighted by Gasteiger charge is 2.29. The Morgan fingerprint density at radius 3 is 2.34 bits per heavy atom.